The van der Waals surface area contributed by atoms with Gasteiger partial charge in [-0.15, -0.1) is 0 Å². The van der Waals surface area contributed by atoms with Crippen LogP contribution in [0.5, 0.6) is 0 Å². The van der Waals surface area contributed by atoms with Crippen molar-refractivity contribution in [2.24, 2.45) is 0 Å². The fourth-order valence-electron chi connectivity index (χ4n) is 2.75. The van der Waals surface area contributed by atoms with E-state index in [9.17, 15) is 22.8 Å². The van der Waals surface area contributed by atoms with Crippen LogP contribution < -0.4 is 11.0 Å². The topological polar surface area (TPSA) is 64.0 Å². The largest absolute Gasteiger partial charge is 0.418 e. The van der Waals surface area contributed by atoms with Crippen LogP contribution in [0.3, 0.4) is 0 Å². The van der Waals surface area contributed by atoms with Crippen molar-refractivity contribution in [3.63, 3.8) is 0 Å². The highest BCUT2D eigenvalue weighted by Crippen LogP contribution is 2.34. The Kier molecular flexibility index (Phi) is 5.97. The molecule has 5 nitrogen and oxygen atoms in total. The van der Waals surface area contributed by atoms with Crippen LogP contribution in [0, 0.1) is 0 Å². The van der Waals surface area contributed by atoms with E-state index in [0.29, 0.717) is 0 Å². The molecular formula is C20H18F3N3O2S. The maximum atomic E-state index is 13.4. The third-order valence-corrected chi connectivity index (χ3v) is 4.91. The van der Waals surface area contributed by atoms with Gasteiger partial charge in [-0.05, 0) is 17.7 Å². The lowest BCUT2D eigenvalue weighted by molar-refractivity contribution is -0.136. The first-order chi connectivity index (χ1) is 13.7. The molecule has 0 radical (unpaired) electrons. The third-order valence-electron chi connectivity index (χ3n) is 3.96. The third kappa shape index (κ3) is 4.79. The Hall–Kier alpha value is -2.81. The fourth-order valence-corrected chi connectivity index (χ4v) is 3.55. The molecular weight excluding hydrogens is 403 g/mol. The summed E-state index contributed by atoms with van der Waals surface area (Å²) in [6.45, 7) is 3.62. The highest BCUT2D eigenvalue weighted by molar-refractivity contribution is 7.99. The number of para-hydroxylation sites is 1. The van der Waals surface area contributed by atoms with Gasteiger partial charge < -0.3 is 0 Å². The summed E-state index contributed by atoms with van der Waals surface area (Å²) < 4.78 is 41.0. The monoisotopic (exact) mass is 421 g/mol. The van der Waals surface area contributed by atoms with Gasteiger partial charge in [0.1, 0.15) is 0 Å². The summed E-state index contributed by atoms with van der Waals surface area (Å²) in [6, 6.07) is 12.2. The second kappa shape index (κ2) is 8.28. The Morgan fingerprint density at radius 2 is 1.83 bits per heavy atom. The molecule has 0 aliphatic rings. The van der Waals surface area contributed by atoms with Crippen LogP contribution in [0.2, 0.25) is 0 Å². The van der Waals surface area contributed by atoms with Crippen molar-refractivity contribution in [2.45, 2.75) is 36.9 Å². The van der Waals surface area contributed by atoms with Crippen LogP contribution in [-0.2, 0) is 17.4 Å². The van der Waals surface area contributed by atoms with Gasteiger partial charge in [0.15, 0.2) is 5.16 Å². The molecule has 0 aliphatic carbocycles. The quantitative estimate of drug-likeness (QED) is 0.495. The number of alkyl halides is 3. The van der Waals surface area contributed by atoms with Gasteiger partial charge in [0.25, 0.3) is 5.56 Å². The first-order valence-corrected chi connectivity index (χ1v) is 9.68. The smallest absolute Gasteiger partial charge is 0.273 e. The number of halogens is 3. The summed E-state index contributed by atoms with van der Waals surface area (Å²) in [5, 5.41) is -0.293. The van der Waals surface area contributed by atoms with E-state index >= 15 is 0 Å². The maximum Gasteiger partial charge on any atom is 0.418 e. The van der Waals surface area contributed by atoms with Crippen LogP contribution in [0.1, 0.15) is 25.0 Å². The minimum absolute atomic E-state index is 0.00406. The minimum atomic E-state index is -4.65. The van der Waals surface area contributed by atoms with E-state index < -0.39 is 28.7 Å². The van der Waals surface area contributed by atoms with Gasteiger partial charge >= 0.3 is 6.18 Å². The lowest BCUT2D eigenvalue weighted by atomic mass is 10.1. The predicted molar refractivity (Wildman–Crippen MR) is 107 cm³/mol. The molecule has 29 heavy (non-hydrogen) atoms. The Morgan fingerprint density at radius 3 is 2.45 bits per heavy atom. The number of hydrogen-bond acceptors (Lipinski definition) is 4. The molecule has 0 atom stereocenters. The van der Waals surface area contributed by atoms with Gasteiger partial charge in [-0.1, -0.05) is 62.0 Å². The first kappa shape index (κ1) is 20.9. The van der Waals surface area contributed by atoms with Crippen LogP contribution >= 0.6 is 11.8 Å². The lowest BCUT2D eigenvalue weighted by Gasteiger charge is -2.17. The van der Waals surface area contributed by atoms with E-state index in [1.54, 1.807) is 24.3 Å². The van der Waals surface area contributed by atoms with Gasteiger partial charge in [0, 0.05) is 5.25 Å². The van der Waals surface area contributed by atoms with E-state index in [1.165, 1.54) is 6.07 Å². The first-order valence-electron chi connectivity index (χ1n) is 8.80. The van der Waals surface area contributed by atoms with Crippen molar-refractivity contribution < 1.29 is 18.0 Å². The zero-order chi connectivity index (χ0) is 21.2. The van der Waals surface area contributed by atoms with Crippen LogP contribution in [0.4, 0.5) is 13.2 Å². The Labute approximate surface area is 168 Å². The summed E-state index contributed by atoms with van der Waals surface area (Å²) in [5.74, 6) is -0.475. The molecule has 0 saturated heterocycles. The Bertz CT molecular complexity index is 1100. The number of carbonyl (C=O) groups excluding carboxylic acids is 1. The van der Waals surface area contributed by atoms with Crippen LogP contribution in [0.25, 0.3) is 10.9 Å². The van der Waals surface area contributed by atoms with Gasteiger partial charge in [-0.2, -0.15) is 17.8 Å². The van der Waals surface area contributed by atoms with Crippen molar-refractivity contribution in [3.05, 3.63) is 70.0 Å². The molecule has 1 aromatic heterocycles. The van der Waals surface area contributed by atoms with E-state index in [1.807, 2.05) is 19.9 Å². The number of nitrogens with one attached hydrogen (secondary N) is 1. The number of thioether (sulfide) groups is 1. The summed E-state index contributed by atoms with van der Waals surface area (Å²) in [4.78, 5) is 29.5. The van der Waals surface area contributed by atoms with Gasteiger partial charge in [-0.3, -0.25) is 15.0 Å². The molecule has 0 saturated carbocycles. The van der Waals surface area contributed by atoms with Crippen LogP contribution in [-0.4, -0.2) is 20.8 Å². The summed E-state index contributed by atoms with van der Waals surface area (Å²) in [6.07, 6.45) is -4.64. The van der Waals surface area contributed by atoms with E-state index in [4.69, 9.17) is 0 Å². The number of nitrogens with zero attached hydrogens (tertiary/aromatic N) is 2. The van der Waals surface area contributed by atoms with Crippen LogP contribution in [0.15, 0.2) is 58.5 Å². The predicted octanol–water partition coefficient (Wildman–Crippen LogP) is 4.23. The average Bonchev–Trinajstić information content (AvgIpc) is 2.64. The fraction of sp³-hybridized carbons (Fsp3) is 0.250. The van der Waals surface area contributed by atoms with E-state index in [2.05, 4.69) is 10.4 Å². The van der Waals surface area contributed by atoms with Crippen molar-refractivity contribution in [1.29, 1.82) is 0 Å². The molecule has 2 aromatic carbocycles. The molecule has 0 spiro atoms. The summed E-state index contributed by atoms with van der Waals surface area (Å²) in [5.41, 5.74) is 1.05. The standard InChI is InChI=1S/C20H18F3N3O2S/c1-12(2)29-19-24-17-14(9-6-10-15(17)20(21,22)23)18(28)26(19)25-16(27)11-13-7-4-3-5-8-13/h3-10,12H,11H2,1-2H3,(H,25,27). The highest BCUT2D eigenvalue weighted by atomic mass is 32.2. The minimum Gasteiger partial charge on any atom is -0.273 e. The molecule has 0 aliphatic heterocycles. The molecule has 1 amide bonds. The molecule has 1 heterocycles. The van der Waals surface area contributed by atoms with Crippen molar-refractivity contribution in [1.82, 2.24) is 9.66 Å². The van der Waals surface area contributed by atoms with E-state index in [0.717, 1.165) is 34.1 Å². The lowest BCUT2D eigenvalue weighted by Crippen LogP contribution is -2.36. The number of carbonyl (C=O) groups is 1. The van der Waals surface area contributed by atoms with Gasteiger partial charge in [0.05, 0.1) is 22.9 Å². The Morgan fingerprint density at radius 1 is 1.14 bits per heavy atom. The summed E-state index contributed by atoms with van der Waals surface area (Å²) >= 11 is 1.09. The van der Waals surface area contributed by atoms with Gasteiger partial charge in [-0.25, -0.2) is 4.98 Å². The van der Waals surface area contributed by atoms with Crippen molar-refractivity contribution in [3.8, 4) is 0 Å². The normalized spacial score (nSPS) is 11.8. The molecule has 9 heteroatoms. The molecule has 3 aromatic rings. The SMILES string of the molecule is CC(C)Sc1nc2c(C(F)(F)F)cccc2c(=O)n1NC(=O)Cc1ccccc1. The molecule has 1 N–H and O–H groups in total. The molecule has 0 unspecified atom stereocenters. The second-order valence-electron chi connectivity index (χ2n) is 6.60. The summed E-state index contributed by atoms with van der Waals surface area (Å²) in [7, 11) is 0. The van der Waals surface area contributed by atoms with Gasteiger partial charge in [0.2, 0.25) is 5.91 Å². The average molecular weight is 421 g/mol. The molecule has 0 fully saturated rings. The molecule has 152 valence electrons. The maximum absolute atomic E-state index is 13.4. The zero-order valence-corrected chi connectivity index (χ0v) is 16.5. The number of fused-ring (bicyclic) bond motifs is 1. The van der Waals surface area contributed by atoms with Crippen molar-refractivity contribution in [2.75, 3.05) is 5.43 Å². The highest BCUT2D eigenvalue weighted by Gasteiger charge is 2.34. The molecule has 0 bridgehead atoms. The number of aromatic nitrogens is 2. The molecule has 3 rings (SSSR count). The zero-order valence-electron chi connectivity index (χ0n) is 15.7. The number of rotatable bonds is 5. The number of amides is 1. The number of hydrogen-bond donors (Lipinski definition) is 1. The van der Waals surface area contributed by atoms with Crippen molar-refractivity contribution >= 4 is 28.6 Å². The van der Waals surface area contributed by atoms with E-state index in [-0.39, 0.29) is 22.2 Å². The second-order valence-corrected chi connectivity index (χ2v) is 8.14. The Balaban J connectivity index is 2.09. The number of benzene rings is 2.